The van der Waals surface area contributed by atoms with E-state index in [0.29, 0.717) is 10.6 Å². The first-order valence-corrected chi connectivity index (χ1v) is 8.91. The number of hydrogen-bond acceptors (Lipinski definition) is 5. The molecule has 0 unspecified atom stereocenters. The number of nitrogens with zero attached hydrogens (tertiary/aromatic N) is 1. The zero-order chi connectivity index (χ0) is 15.6. The van der Waals surface area contributed by atoms with E-state index in [9.17, 15) is 8.42 Å². The average Bonchev–Trinajstić information content (AvgIpc) is 2.84. The van der Waals surface area contributed by atoms with Crippen LogP contribution >= 0.6 is 22.9 Å². The number of nitrogens with two attached hydrogens (primary N) is 1. The Labute approximate surface area is 133 Å². The van der Waals surface area contributed by atoms with Gasteiger partial charge in [0.1, 0.15) is 0 Å². The highest BCUT2D eigenvalue weighted by molar-refractivity contribution is 7.89. The summed E-state index contributed by atoms with van der Waals surface area (Å²) in [7, 11) is -3.65. The van der Waals surface area contributed by atoms with Crippen LogP contribution in [0.3, 0.4) is 0 Å². The van der Waals surface area contributed by atoms with E-state index in [1.165, 1.54) is 17.4 Å². The van der Waals surface area contributed by atoms with E-state index in [1.807, 2.05) is 6.92 Å². The number of aryl methyl sites for hydroxylation is 1. The molecular weight excluding hydrogens is 330 g/mol. The molecule has 0 spiro atoms. The molecule has 0 fully saturated rings. The topological polar surface area (TPSA) is 85.1 Å². The zero-order valence-corrected chi connectivity index (χ0v) is 14.1. The number of sulfonamides is 1. The fourth-order valence-corrected chi connectivity index (χ4v) is 4.38. The van der Waals surface area contributed by atoms with E-state index < -0.39 is 10.0 Å². The minimum absolute atomic E-state index is 0.164. The van der Waals surface area contributed by atoms with Gasteiger partial charge in [0.05, 0.1) is 9.90 Å². The van der Waals surface area contributed by atoms with Crippen molar-refractivity contribution >= 4 is 33.0 Å². The summed E-state index contributed by atoms with van der Waals surface area (Å²) in [5.74, 6) is 0. The van der Waals surface area contributed by atoms with Crippen LogP contribution in [0.15, 0.2) is 23.2 Å². The summed E-state index contributed by atoms with van der Waals surface area (Å²) in [5.41, 5.74) is 6.96. The van der Waals surface area contributed by atoms with E-state index in [0.717, 1.165) is 15.4 Å². The van der Waals surface area contributed by atoms with Crippen LogP contribution in [0.5, 0.6) is 0 Å². The van der Waals surface area contributed by atoms with E-state index in [1.54, 1.807) is 19.2 Å². The molecule has 1 heterocycles. The number of hydrogen-bond donors (Lipinski definition) is 2. The lowest BCUT2D eigenvalue weighted by Crippen LogP contribution is -2.24. The molecule has 0 atom stereocenters. The molecule has 1 aromatic heterocycles. The normalized spacial score (nSPS) is 11.8. The molecule has 0 amide bonds. The lowest BCUT2D eigenvalue weighted by molar-refractivity contribution is 0.581. The third-order valence-electron chi connectivity index (χ3n) is 3.05. The van der Waals surface area contributed by atoms with Gasteiger partial charge in [0, 0.05) is 29.2 Å². The summed E-state index contributed by atoms with van der Waals surface area (Å²) in [6.45, 7) is 4.04. The van der Waals surface area contributed by atoms with Crippen molar-refractivity contribution in [1.82, 2.24) is 9.71 Å². The molecule has 8 heteroatoms. The van der Waals surface area contributed by atoms with Crippen molar-refractivity contribution < 1.29 is 8.42 Å². The first-order chi connectivity index (χ1) is 9.83. The second kappa shape index (κ2) is 6.41. The number of aromatic nitrogens is 1. The molecule has 1 aromatic carbocycles. The number of rotatable bonds is 5. The van der Waals surface area contributed by atoms with E-state index in [4.69, 9.17) is 17.3 Å². The molecule has 0 aliphatic heterocycles. The van der Waals surface area contributed by atoms with Crippen LogP contribution in [-0.4, -0.2) is 13.4 Å². The largest absolute Gasteiger partial charge is 0.326 e. The highest BCUT2D eigenvalue weighted by Crippen LogP contribution is 2.24. The summed E-state index contributed by atoms with van der Waals surface area (Å²) < 4.78 is 27.4. The Kier molecular flexibility index (Phi) is 5.00. The van der Waals surface area contributed by atoms with Crippen LogP contribution in [0.4, 0.5) is 0 Å². The van der Waals surface area contributed by atoms with Gasteiger partial charge in [-0.25, -0.2) is 18.1 Å². The van der Waals surface area contributed by atoms with Gasteiger partial charge in [-0.3, -0.25) is 0 Å². The molecule has 0 radical (unpaired) electrons. The van der Waals surface area contributed by atoms with Crippen LogP contribution in [0, 0.1) is 13.8 Å². The van der Waals surface area contributed by atoms with E-state index >= 15 is 0 Å². The van der Waals surface area contributed by atoms with Gasteiger partial charge in [0.25, 0.3) is 0 Å². The smallest absolute Gasteiger partial charge is 0.241 e. The molecule has 2 rings (SSSR count). The van der Waals surface area contributed by atoms with Gasteiger partial charge in [-0.2, -0.15) is 0 Å². The third kappa shape index (κ3) is 3.81. The van der Waals surface area contributed by atoms with Gasteiger partial charge in [0.15, 0.2) is 0 Å². The van der Waals surface area contributed by atoms with Gasteiger partial charge in [-0.15, -0.1) is 11.3 Å². The Morgan fingerprint density at radius 2 is 2.10 bits per heavy atom. The molecular formula is C13H16ClN3O2S2. The predicted octanol–water partition coefficient (Wildman–Crippen LogP) is 2.35. The molecule has 0 bridgehead atoms. The molecule has 114 valence electrons. The van der Waals surface area contributed by atoms with Crippen molar-refractivity contribution in [2.24, 2.45) is 5.73 Å². The van der Waals surface area contributed by atoms with Crippen LogP contribution in [0.2, 0.25) is 5.02 Å². The molecule has 0 saturated heterocycles. The quantitative estimate of drug-likeness (QED) is 0.871. The molecule has 0 saturated carbocycles. The fraction of sp³-hybridized carbons (Fsp3) is 0.308. The molecule has 0 aliphatic rings. The molecule has 3 N–H and O–H groups in total. The van der Waals surface area contributed by atoms with Crippen LogP contribution in [0.1, 0.15) is 21.0 Å². The van der Waals surface area contributed by atoms with Gasteiger partial charge in [-0.05, 0) is 37.1 Å². The molecule has 0 aliphatic carbocycles. The maximum atomic E-state index is 12.4. The first kappa shape index (κ1) is 16.4. The van der Waals surface area contributed by atoms with Gasteiger partial charge >= 0.3 is 0 Å². The SMILES string of the molecule is Cc1ncc(CNS(=O)(=O)c2cc(Cl)cc(CN)c2C)s1. The third-order valence-corrected chi connectivity index (χ3v) is 5.71. The number of halogens is 1. The molecule has 5 nitrogen and oxygen atoms in total. The fourth-order valence-electron chi connectivity index (χ4n) is 1.93. The zero-order valence-electron chi connectivity index (χ0n) is 11.7. The van der Waals surface area contributed by atoms with Crippen molar-refractivity contribution in [2.75, 3.05) is 0 Å². The van der Waals surface area contributed by atoms with Crippen molar-refractivity contribution in [3.63, 3.8) is 0 Å². The molecule has 21 heavy (non-hydrogen) atoms. The highest BCUT2D eigenvalue weighted by atomic mass is 35.5. The first-order valence-electron chi connectivity index (χ1n) is 6.23. The average molecular weight is 346 g/mol. The minimum atomic E-state index is -3.65. The van der Waals surface area contributed by atoms with Crippen molar-refractivity contribution in [3.05, 3.63) is 44.4 Å². The monoisotopic (exact) mass is 345 g/mol. The standard InChI is InChI=1S/C13H16ClN3O2S2/c1-8-10(5-15)3-11(14)4-13(8)21(18,19)17-7-12-6-16-9(2)20-12/h3-4,6,17H,5,7,15H2,1-2H3. The van der Waals surface area contributed by atoms with Crippen molar-refractivity contribution in [3.8, 4) is 0 Å². The van der Waals surface area contributed by atoms with Gasteiger partial charge in [-0.1, -0.05) is 11.6 Å². The second-order valence-electron chi connectivity index (χ2n) is 4.56. The Morgan fingerprint density at radius 3 is 2.67 bits per heavy atom. The lowest BCUT2D eigenvalue weighted by atomic mass is 10.1. The van der Waals surface area contributed by atoms with Crippen LogP contribution in [-0.2, 0) is 23.1 Å². The van der Waals surface area contributed by atoms with Crippen LogP contribution in [0.25, 0.3) is 0 Å². The Hall–Kier alpha value is -0.990. The van der Waals surface area contributed by atoms with Crippen LogP contribution < -0.4 is 10.5 Å². The lowest BCUT2D eigenvalue weighted by Gasteiger charge is -2.12. The van der Waals surface area contributed by atoms with Gasteiger partial charge in [0.2, 0.25) is 10.0 Å². The second-order valence-corrected chi connectivity index (χ2v) is 8.05. The Bertz CT molecular complexity index is 757. The number of benzene rings is 1. The van der Waals surface area contributed by atoms with Crippen molar-refractivity contribution in [2.45, 2.75) is 31.8 Å². The van der Waals surface area contributed by atoms with E-state index in [2.05, 4.69) is 9.71 Å². The maximum Gasteiger partial charge on any atom is 0.241 e. The molecule has 2 aromatic rings. The number of nitrogens with one attached hydrogen (secondary N) is 1. The minimum Gasteiger partial charge on any atom is -0.326 e. The van der Waals surface area contributed by atoms with Crippen molar-refractivity contribution in [1.29, 1.82) is 0 Å². The van der Waals surface area contributed by atoms with Gasteiger partial charge < -0.3 is 5.73 Å². The predicted molar refractivity (Wildman–Crippen MR) is 85.0 cm³/mol. The number of thiazole rings is 1. The summed E-state index contributed by atoms with van der Waals surface area (Å²) in [6.07, 6.45) is 1.67. The Balaban J connectivity index is 2.29. The summed E-state index contributed by atoms with van der Waals surface area (Å²) in [6, 6.07) is 3.12. The Morgan fingerprint density at radius 1 is 1.38 bits per heavy atom. The highest BCUT2D eigenvalue weighted by Gasteiger charge is 2.19. The summed E-state index contributed by atoms with van der Waals surface area (Å²) in [4.78, 5) is 5.12. The maximum absolute atomic E-state index is 12.4. The summed E-state index contributed by atoms with van der Waals surface area (Å²) >= 11 is 7.43. The summed E-state index contributed by atoms with van der Waals surface area (Å²) in [5, 5.41) is 1.25. The van der Waals surface area contributed by atoms with E-state index in [-0.39, 0.29) is 18.0 Å².